The van der Waals surface area contributed by atoms with Crippen LogP contribution in [0.5, 0.6) is 0 Å². The van der Waals surface area contributed by atoms with Gasteiger partial charge in [-0.1, -0.05) is 62.5 Å². The Morgan fingerprint density at radius 3 is 2.36 bits per heavy atom. The van der Waals surface area contributed by atoms with E-state index in [4.69, 9.17) is 39.5 Å². The maximum atomic E-state index is 13.3. The van der Waals surface area contributed by atoms with Crippen molar-refractivity contribution in [1.29, 1.82) is 0 Å². The highest BCUT2D eigenvalue weighted by Crippen LogP contribution is 2.35. The van der Waals surface area contributed by atoms with E-state index >= 15 is 0 Å². The number of carbonyl (C=O) groups excluding carboxylic acids is 3. The Labute approximate surface area is 181 Å². The van der Waals surface area contributed by atoms with E-state index in [1.165, 1.54) is 13.2 Å². The number of methoxy groups -OCH3 is 1. The average Bonchev–Trinajstić information content (AvgIpc) is 2.91. The average molecular weight is 456 g/mol. The van der Waals surface area contributed by atoms with Crippen LogP contribution in [0.3, 0.4) is 0 Å². The normalized spacial score (nSPS) is 19.5. The number of amides is 3. The summed E-state index contributed by atoms with van der Waals surface area (Å²) in [5.41, 5.74) is 0. The zero-order valence-corrected chi connectivity index (χ0v) is 19.2. The van der Waals surface area contributed by atoms with Gasteiger partial charge in [-0.05, 0) is 31.1 Å². The van der Waals surface area contributed by atoms with Crippen molar-refractivity contribution in [2.45, 2.75) is 69.3 Å². The molecule has 6 nitrogen and oxygen atoms in total. The first-order chi connectivity index (χ1) is 12.9. The summed E-state index contributed by atoms with van der Waals surface area (Å²) in [5.74, 6) is -0.716. The van der Waals surface area contributed by atoms with E-state index < -0.39 is 27.7 Å². The molecule has 160 valence electrons. The van der Waals surface area contributed by atoms with Gasteiger partial charge in [0, 0.05) is 12.5 Å². The van der Waals surface area contributed by atoms with Crippen LogP contribution in [-0.2, 0) is 19.1 Å². The molecule has 0 aromatic heterocycles. The number of rotatable bonds is 9. The van der Waals surface area contributed by atoms with E-state index in [0.717, 1.165) is 4.90 Å². The molecule has 0 radical (unpaired) electrons. The third-order valence-corrected chi connectivity index (χ3v) is 5.20. The van der Waals surface area contributed by atoms with Crippen LogP contribution < -0.4 is 5.32 Å². The van der Waals surface area contributed by atoms with Gasteiger partial charge in [-0.3, -0.25) is 19.3 Å². The summed E-state index contributed by atoms with van der Waals surface area (Å²) in [7, 11) is 1.42. The minimum Gasteiger partial charge on any atom is -0.499 e. The fourth-order valence-corrected chi connectivity index (χ4v) is 3.68. The van der Waals surface area contributed by atoms with Crippen LogP contribution in [0.1, 0.15) is 53.4 Å². The smallest absolute Gasteiger partial charge is 0.257 e. The molecule has 0 aliphatic carbocycles. The van der Waals surface area contributed by atoms with Gasteiger partial charge in [0.15, 0.2) is 3.79 Å². The number of nitrogens with one attached hydrogen (secondary N) is 1. The predicted molar refractivity (Wildman–Crippen MR) is 111 cm³/mol. The number of ether oxygens (including phenoxy) is 1. The quantitative estimate of drug-likeness (QED) is 0.534. The van der Waals surface area contributed by atoms with Gasteiger partial charge in [0.25, 0.3) is 11.8 Å². The molecule has 9 heteroatoms. The lowest BCUT2D eigenvalue weighted by Gasteiger charge is -2.32. The summed E-state index contributed by atoms with van der Waals surface area (Å²) in [4.78, 5) is 39.0. The summed E-state index contributed by atoms with van der Waals surface area (Å²) in [6.07, 6.45) is 2.59. The number of hydrogen-bond acceptors (Lipinski definition) is 4. The largest absolute Gasteiger partial charge is 0.499 e. The van der Waals surface area contributed by atoms with E-state index in [0.29, 0.717) is 18.1 Å². The second-order valence-corrected chi connectivity index (χ2v) is 9.99. The van der Waals surface area contributed by atoms with E-state index in [9.17, 15) is 14.4 Å². The Morgan fingerprint density at radius 1 is 1.29 bits per heavy atom. The lowest BCUT2D eigenvalue weighted by atomic mass is 9.90. The Hall–Kier alpha value is -0.980. The summed E-state index contributed by atoms with van der Waals surface area (Å²) >= 11 is 17.5. The number of nitrogens with zero attached hydrogens (tertiary/aromatic N) is 1. The summed E-state index contributed by atoms with van der Waals surface area (Å²) in [6, 6.07) is -1.49. The first kappa shape index (κ1) is 25.1. The maximum Gasteiger partial charge on any atom is 0.257 e. The molecule has 3 amide bonds. The maximum absolute atomic E-state index is 13.3. The van der Waals surface area contributed by atoms with Crippen LogP contribution in [-0.4, -0.2) is 45.6 Å². The van der Waals surface area contributed by atoms with Crippen molar-refractivity contribution in [2.75, 3.05) is 7.11 Å². The molecule has 0 bridgehead atoms. The Morgan fingerprint density at radius 2 is 1.89 bits per heavy atom. The number of imide groups is 1. The highest BCUT2D eigenvalue weighted by Gasteiger charge is 2.43. The van der Waals surface area contributed by atoms with Gasteiger partial charge >= 0.3 is 0 Å². The van der Waals surface area contributed by atoms with Crippen molar-refractivity contribution in [3.05, 3.63) is 11.8 Å². The van der Waals surface area contributed by atoms with Crippen LogP contribution in [0, 0.1) is 11.8 Å². The predicted octanol–water partition coefficient (Wildman–Crippen LogP) is 3.98. The topological polar surface area (TPSA) is 75.7 Å². The Bertz CT molecular complexity index is 617. The van der Waals surface area contributed by atoms with Crippen molar-refractivity contribution in [2.24, 2.45) is 11.8 Å². The summed E-state index contributed by atoms with van der Waals surface area (Å²) in [5, 5.41) is 2.77. The van der Waals surface area contributed by atoms with Crippen molar-refractivity contribution < 1.29 is 19.1 Å². The Kier molecular flexibility index (Phi) is 9.57. The second kappa shape index (κ2) is 10.7. The molecule has 0 saturated heterocycles. The van der Waals surface area contributed by atoms with Gasteiger partial charge in [-0.25, -0.2) is 0 Å². The molecule has 3 atom stereocenters. The lowest BCUT2D eigenvalue weighted by Crippen LogP contribution is -2.55. The molecule has 1 aliphatic heterocycles. The third kappa shape index (κ3) is 7.12. The van der Waals surface area contributed by atoms with Gasteiger partial charge in [0.2, 0.25) is 5.91 Å². The molecule has 0 saturated carbocycles. The molecule has 3 unspecified atom stereocenters. The lowest BCUT2D eigenvalue weighted by molar-refractivity contribution is -0.147. The first-order valence-corrected chi connectivity index (χ1v) is 10.5. The van der Waals surface area contributed by atoms with Crippen molar-refractivity contribution in [3.63, 3.8) is 0 Å². The zero-order chi connectivity index (χ0) is 21.6. The molecular formula is C19H29Cl3N2O4. The van der Waals surface area contributed by atoms with Gasteiger partial charge in [0.1, 0.15) is 11.8 Å². The van der Waals surface area contributed by atoms with Crippen LogP contribution in [0.4, 0.5) is 0 Å². The fraction of sp³-hybridized carbons (Fsp3) is 0.737. The van der Waals surface area contributed by atoms with Gasteiger partial charge in [-0.15, -0.1) is 0 Å². The summed E-state index contributed by atoms with van der Waals surface area (Å²) in [6.45, 7) is 7.67. The zero-order valence-electron chi connectivity index (χ0n) is 16.9. The van der Waals surface area contributed by atoms with E-state index in [1.807, 2.05) is 20.8 Å². The van der Waals surface area contributed by atoms with E-state index in [1.54, 1.807) is 6.92 Å². The van der Waals surface area contributed by atoms with Crippen LogP contribution in [0.2, 0.25) is 0 Å². The molecule has 28 heavy (non-hydrogen) atoms. The monoisotopic (exact) mass is 454 g/mol. The van der Waals surface area contributed by atoms with Crippen LogP contribution in [0.25, 0.3) is 0 Å². The molecule has 1 N–H and O–H groups in total. The van der Waals surface area contributed by atoms with Crippen molar-refractivity contribution >= 4 is 52.5 Å². The molecule has 1 heterocycles. The number of alkyl halides is 3. The minimum atomic E-state index is -1.51. The molecule has 0 aromatic rings. The molecule has 0 fully saturated rings. The van der Waals surface area contributed by atoms with Crippen LogP contribution >= 0.6 is 34.8 Å². The van der Waals surface area contributed by atoms with Gasteiger partial charge in [-0.2, -0.15) is 0 Å². The molecule has 0 spiro atoms. The SMILES string of the molecule is CCC(=O)NC(C(=O)N1C(=O)C=C(OC)C1CCC(Cl)(Cl)Cl)C(C)CC(C)C. The number of carbonyl (C=O) groups is 3. The van der Waals surface area contributed by atoms with Crippen LogP contribution in [0.15, 0.2) is 11.8 Å². The van der Waals surface area contributed by atoms with Gasteiger partial charge < -0.3 is 10.1 Å². The van der Waals surface area contributed by atoms with Crippen molar-refractivity contribution in [1.82, 2.24) is 10.2 Å². The van der Waals surface area contributed by atoms with E-state index in [2.05, 4.69) is 5.32 Å². The van der Waals surface area contributed by atoms with Crippen molar-refractivity contribution in [3.8, 4) is 0 Å². The molecule has 1 aliphatic rings. The number of hydrogen-bond donors (Lipinski definition) is 1. The van der Waals surface area contributed by atoms with E-state index in [-0.39, 0.29) is 31.1 Å². The minimum absolute atomic E-state index is 0.133. The number of halogens is 3. The standard InChI is InChI=1S/C19H29Cl3N2O4/c1-6-15(25)23-17(12(4)9-11(2)3)18(27)24-13(7-8-19(20,21)22)14(28-5)10-16(24)26/h10-13,17H,6-9H2,1-5H3,(H,23,25). The fourth-order valence-electron chi connectivity index (χ4n) is 3.35. The first-order valence-electron chi connectivity index (χ1n) is 9.39. The summed E-state index contributed by atoms with van der Waals surface area (Å²) < 4.78 is 3.76. The molecule has 0 aromatic carbocycles. The second-order valence-electron chi connectivity index (χ2n) is 7.47. The Balaban J connectivity index is 3.14. The highest BCUT2D eigenvalue weighted by molar-refractivity contribution is 6.67. The third-order valence-electron chi connectivity index (χ3n) is 4.63. The highest BCUT2D eigenvalue weighted by atomic mass is 35.6. The molecule has 1 rings (SSSR count). The molecular weight excluding hydrogens is 427 g/mol. The van der Waals surface area contributed by atoms with Gasteiger partial charge in [0.05, 0.1) is 13.2 Å².